The van der Waals surface area contributed by atoms with Crippen LogP contribution in [-0.4, -0.2) is 59.3 Å². The van der Waals surface area contributed by atoms with E-state index in [1.807, 2.05) is 20.8 Å². The van der Waals surface area contributed by atoms with E-state index in [-0.39, 0.29) is 19.0 Å². The van der Waals surface area contributed by atoms with Crippen molar-refractivity contribution in [3.05, 3.63) is 0 Å². The molecule has 2 unspecified atom stereocenters. The smallest absolute Gasteiger partial charge is 0.393 e. The molecule has 1 aliphatic heterocycles. The van der Waals surface area contributed by atoms with Gasteiger partial charge >= 0.3 is 8.80 Å². The second-order valence-corrected chi connectivity index (χ2v) is 6.91. The fraction of sp³-hybridized carbons (Fsp3) is 1.00. The standard InChI is InChI=1S/C12H26O6Si/c1-4-15-19(16-5-2,17-6-3)9-7-8-14-12-11(10-13)18-12/h11-13H,4-10H2,1-3H3. The van der Waals surface area contributed by atoms with Gasteiger partial charge in [-0.3, -0.25) is 0 Å². The number of hydrogen-bond acceptors (Lipinski definition) is 6. The summed E-state index contributed by atoms with van der Waals surface area (Å²) in [4.78, 5) is 0. The van der Waals surface area contributed by atoms with Crippen LogP contribution < -0.4 is 0 Å². The molecule has 0 amide bonds. The lowest BCUT2D eigenvalue weighted by Gasteiger charge is -2.28. The Labute approximate surface area is 116 Å². The van der Waals surface area contributed by atoms with E-state index in [1.54, 1.807) is 0 Å². The van der Waals surface area contributed by atoms with E-state index >= 15 is 0 Å². The summed E-state index contributed by atoms with van der Waals surface area (Å²) in [5, 5.41) is 8.81. The van der Waals surface area contributed by atoms with Gasteiger partial charge in [0.05, 0.1) is 6.61 Å². The van der Waals surface area contributed by atoms with Gasteiger partial charge in [0, 0.05) is 32.5 Å². The van der Waals surface area contributed by atoms with Gasteiger partial charge in [0.2, 0.25) is 0 Å². The molecule has 1 aliphatic rings. The first kappa shape index (κ1) is 17.0. The van der Waals surface area contributed by atoms with Crippen LogP contribution in [0.2, 0.25) is 6.04 Å². The highest BCUT2D eigenvalue weighted by Gasteiger charge is 2.41. The molecular formula is C12H26O6Si. The lowest BCUT2D eigenvalue weighted by molar-refractivity contribution is 0.0411. The van der Waals surface area contributed by atoms with Gasteiger partial charge in [0.15, 0.2) is 6.29 Å². The van der Waals surface area contributed by atoms with Gasteiger partial charge < -0.3 is 27.9 Å². The number of aliphatic hydroxyl groups is 1. The predicted molar refractivity (Wildman–Crippen MR) is 71.8 cm³/mol. The van der Waals surface area contributed by atoms with Gasteiger partial charge in [-0.1, -0.05) is 0 Å². The van der Waals surface area contributed by atoms with Crippen molar-refractivity contribution in [1.29, 1.82) is 0 Å². The minimum atomic E-state index is -2.54. The molecule has 1 rings (SSSR count). The SMILES string of the molecule is CCO[Si](CCCOC1OC1CO)(OCC)OCC. The minimum Gasteiger partial charge on any atom is -0.393 e. The first-order valence-electron chi connectivity index (χ1n) is 7.01. The number of epoxide rings is 1. The Kier molecular flexibility index (Phi) is 8.08. The van der Waals surface area contributed by atoms with Crippen molar-refractivity contribution < 1.29 is 27.9 Å². The van der Waals surface area contributed by atoms with E-state index < -0.39 is 8.80 Å². The molecule has 0 aromatic carbocycles. The van der Waals surface area contributed by atoms with Crippen molar-refractivity contribution in [2.45, 2.75) is 45.6 Å². The summed E-state index contributed by atoms with van der Waals surface area (Å²) < 4.78 is 27.8. The van der Waals surface area contributed by atoms with Crippen molar-refractivity contribution in [3.63, 3.8) is 0 Å². The normalized spacial score (nSPS) is 22.7. The molecule has 0 spiro atoms. The van der Waals surface area contributed by atoms with Gasteiger partial charge in [-0.05, 0) is 27.2 Å². The summed E-state index contributed by atoms with van der Waals surface area (Å²) >= 11 is 0. The molecule has 0 radical (unpaired) electrons. The van der Waals surface area contributed by atoms with Gasteiger partial charge in [-0.15, -0.1) is 0 Å². The summed E-state index contributed by atoms with van der Waals surface area (Å²) in [7, 11) is -2.54. The van der Waals surface area contributed by atoms with Crippen molar-refractivity contribution in [3.8, 4) is 0 Å². The molecule has 0 bridgehead atoms. The maximum absolute atomic E-state index is 8.81. The summed E-state index contributed by atoms with van der Waals surface area (Å²) in [6.07, 6.45) is 0.407. The molecule has 19 heavy (non-hydrogen) atoms. The van der Waals surface area contributed by atoms with Gasteiger partial charge in [0.25, 0.3) is 0 Å². The maximum atomic E-state index is 8.81. The molecule has 1 saturated heterocycles. The van der Waals surface area contributed by atoms with E-state index in [9.17, 15) is 0 Å². The maximum Gasteiger partial charge on any atom is 0.501 e. The Morgan fingerprint density at radius 3 is 2.05 bits per heavy atom. The largest absolute Gasteiger partial charge is 0.501 e. The molecule has 0 aromatic heterocycles. The summed E-state index contributed by atoms with van der Waals surface area (Å²) in [6.45, 7) is 8.17. The van der Waals surface area contributed by atoms with Gasteiger partial charge in [-0.2, -0.15) is 0 Å². The molecule has 6 nitrogen and oxygen atoms in total. The fourth-order valence-corrected chi connectivity index (χ4v) is 4.47. The van der Waals surface area contributed by atoms with E-state index in [4.69, 9.17) is 27.9 Å². The average Bonchev–Trinajstić information content (AvgIpc) is 3.14. The average molecular weight is 294 g/mol. The summed E-state index contributed by atoms with van der Waals surface area (Å²) in [5.74, 6) is 0. The third-order valence-electron chi connectivity index (χ3n) is 2.72. The van der Waals surface area contributed by atoms with E-state index in [1.165, 1.54) is 0 Å². The number of hydrogen-bond donors (Lipinski definition) is 1. The lowest BCUT2D eigenvalue weighted by atomic mass is 10.5. The molecule has 1 N–H and O–H groups in total. The van der Waals surface area contributed by atoms with E-state index in [2.05, 4.69) is 0 Å². The van der Waals surface area contributed by atoms with Crippen LogP contribution in [0.5, 0.6) is 0 Å². The monoisotopic (exact) mass is 294 g/mol. The van der Waals surface area contributed by atoms with Crippen molar-refractivity contribution in [1.82, 2.24) is 0 Å². The molecule has 1 heterocycles. The first-order chi connectivity index (χ1) is 9.21. The zero-order valence-corrected chi connectivity index (χ0v) is 13.1. The summed E-state index contributed by atoms with van der Waals surface area (Å²) in [5.41, 5.74) is 0. The van der Waals surface area contributed by atoms with Gasteiger partial charge in [0.1, 0.15) is 6.10 Å². The predicted octanol–water partition coefficient (Wildman–Crippen LogP) is 1.16. The third kappa shape index (κ3) is 5.86. The Morgan fingerprint density at radius 1 is 1.05 bits per heavy atom. The van der Waals surface area contributed by atoms with Crippen LogP contribution in [0.1, 0.15) is 27.2 Å². The van der Waals surface area contributed by atoms with Crippen molar-refractivity contribution >= 4 is 8.80 Å². The van der Waals surface area contributed by atoms with Crippen LogP contribution in [0.3, 0.4) is 0 Å². The number of rotatable bonds is 12. The zero-order chi connectivity index (χ0) is 14.1. The minimum absolute atomic E-state index is 0.0141. The first-order valence-corrected chi connectivity index (χ1v) is 8.94. The van der Waals surface area contributed by atoms with Crippen LogP contribution in [0, 0.1) is 0 Å². The highest BCUT2D eigenvalue weighted by Crippen LogP contribution is 2.24. The second-order valence-electron chi connectivity index (χ2n) is 4.18. The molecule has 0 aromatic rings. The Hall–Kier alpha value is -0.0231. The quantitative estimate of drug-likeness (QED) is 0.331. The summed E-state index contributed by atoms with van der Waals surface area (Å²) in [6, 6.07) is 0.735. The highest BCUT2D eigenvalue weighted by molar-refractivity contribution is 6.60. The molecule has 2 atom stereocenters. The molecule has 0 saturated carbocycles. The molecule has 7 heteroatoms. The molecule has 0 aliphatic carbocycles. The topological polar surface area (TPSA) is 69.7 Å². The molecule has 114 valence electrons. The second kappa shape index (κ2) is 9.01. The molecular weight excluding hydrogens is 268 g/mol. The highest BCUT2D eigenvalue weighted by atomic mass is 28.4. The Balaban J connectivity index is 2.26. The number of ether oxygens (including phenoxy) is 2. The van der Waals surface area contributed by atoms with Crippen LogP contribution in [0.4, 0.5) is 0 Å². The number of aliphatic hydroxyl groups excluding tert-OH is 1. The Bertz CT molecular complexity index is 223. The van der Waals surface area contributed by atoms with Crippen molar-refractivity contribution in [2.24, 2.45) is 0 Å². The van der Waals surface area contributed by atoms with Crippen LogP contribution >= 0.6 is 0 Å². The Morgan fingerprint density at radius 2 is 1.63 bits per heavy atom. The van der Waals surface area contributed by atoms with Crippen molar-refractivity contribution in [2.75, 3.05) is 33.0 Å². The van der Waals surface area contributed by atoms with Crippen LogP contribution in [0.25, 0.3) is 0 Å². The van der Waals surface area contributed by atoms with Crippen LogP contribution in [0.15, 0.2) is 0 Å². The van der Waals surface area contributed by atoms with E-state index in [0.29, 0.717) is 26.4 Å². The third-order valence-corrected chi connectivity index (χ3v) is 5.87. The lowest BCUT2D eigenvalue weighted by Crippen LogP contribution is -2.46. The van der Waals surface area contributed by atoms with E-state index in [0.717, 1.165) is 12.5 Å². The van der Waals surface area contributed by atoms with Gasteiger partial charge in [-0.25, -0.2) is 0 Å². The molecule has 1 fully saturated rings. The fourth-order valence-electron chi connectivity index (χ4n) is 1.89. The van der Waals surface area contributed by atoms with Crippen LogP contribution in [-0.2, 0) is 22.8 Å². The zero-order valence-electron chi connectivity index (χ0n) is 12.1.